The molecule has 1 aromatic carbocycles. The summed E-state index contributed by atoms with van der Waals surface area (Å²) in [5.74, 6) is 0.557. The average Bonchev–Trinajstić information content (AvgIpc) is 1.99. The van der Waals surface area contributed by atoms with Gasteiger partial charge in [-0.15, -0.1) is 0 Å². The molecule has 0 radical (unpaired) electrons. The van der Waals surface area contributed by atoms with Crippen molar-refractivity contribution in [2.75, 3.05) is 0 Å². The summed E-state index contributed by atoms with van der Waals surface area (Å²) in [6, 6.07) is 4.28. The van der Waals surface area contributed by atoms with Crippen LogP contribution in [0.5, 0.6) is 0 Å². The second kappa shape index (κ2) is 3.49. The van der Waals surface area contributed by atoms with Crippen LogP contribution in [0.1, 0.15) is 36.5 Å². The molecule has 0 aliphatic carbocycles. The molecule has 1 aromatic rings. The molecule has 0 saturated carbocycles. The molecule has 0 aromatic heterocycles. The minimum atomic E-state index is 0.557. The van der Waals surface area contributed by atoms with Crippen LogP contribution in [0, 0.1) is 13.8 Å². The molecule has 0 N–H and O–H groups in total. The first-order valence-electron chi connectivity index (χ1n) is 4.29. The van der Waals surface area contributed by atoms with Crippen molar-refractivity contribution in [1.29, 1.82) is 0 Å². The molecule has 66 valence electrons. The Labute approximate surface area is 79.6 Å². The molecule has 1 heteroatoms. The van der Waals surface area contributed by atoms with Gasteiger partial charge >= 0.3 is 0 Å². The summed E-state index contributed by atoms with van der Waals surface area (Å²) in [6.07, 6.45) is 0. The number of rotatable bonds is 1. The largest absolute Gasteiger partial charge is 0.0840 e. The summed E-state index contributed by atoms with van der Waals surface area (Å²) < 4.78 is 0. The van der Waals surface area contributed by atoms with Gasteiger partial charge in [-0.25, -0.2) is 0 Å². The fourth-order valence-corrected chi connectivity index (χ4v) is 1.45. The Hall–Kier alpha value is -0.490. The van der Waals surface area contributed by atoms with E-state index in [1.54, 1.807) is 0 Å². The van der Waals surface area contributed by atoms with Crippen molar-refractivity contribution >= 4 is 11.6 Å². The summed E-state index contributed by atoms with van der Waals surface area (Å²) in [7, 11) is 0. The molecule has 1 rings (SSSR count). The van der Waals surface area contributed by atoms with Crippen molar-refractivity contribution < 1.29 is 0 Å². The molecule has 0 fully saturated rings. The standard InChI is InChI=1S/C11H15Cl/c1-7(2)10-5-8(3)9(4)11(12)6-10/h5-7H,1-4H3. The first kappa shape index (κ1) is 9.60. The molecule has 0 bridgehead atoms. The minimum absolute atomic E-state index is 0.557. The van der Waals surface area contributed by atoms with E-state index in [1.165, 1.54) is 16.7 Å². The van der Waals surface area contributed by atoms with Gasteiger partial charge in [0.1, 0.15) is 0 Å². The third-order valence-corrected chi connectivity index (χ3v) is 2.69. The van der Waals surface area contributed by atoms with Gasteiger partial charge in [-0.05, 0) is 42.5 Å². The molecule has 12 heavy (non-hydrogen) atoms. The van der Waals surface area contributed by atoms with Gasteiger partial charge in [0.25, 0.3) is 0 Å². The summed E-state index contributed by atoms with van der Waals surface area (Å²) in [4.78, 5) is 0. The number of aryl methyl sites for hydroxylation is 1. The van der Waals surface area contributed by atoms with E-state index in [9.17, 15) is 0 Å². The zero-order valence-electron chi connectivity index (χ0n) is 8.11. The average molecular weight is 183 g/mol. The van der Waals surface area contributed by atoms with Crippen LogP contribution in [-0.4, -0.2) is 0 Å². The minimum Gasteiger partial charge on any atom is -0.0840 e. The van der Waals surface area contributed by atoms with E-state index < -0.39 is 0 Å². The van der Waals surface area contributed by atoms with E-state index in [2.05, 4.69) is 39.8 Å². The Morgan fingerprint density at radius 1 is 1.17 bits per heavy atom. The Kier molecular flexibility index (Phi) is 2.79. The van der Waals surface area contributed by atoms with Gasteiger partial charge in [-0.3, -0.25) is 0 Å². The highest BCUT2D eigenvalue weighted by Gasteiger charge is 2.04. The second-order valence-corrected chi connectivity index (χ2v) is 4.01. The van der Waals surface area contributed by atoms with Gasteiger partial charge in [0.2, 0.25) is 0 Å². The molecule has 0 nitrogen and oxygen atoms in total. The lowest BCUT2D eigenvalue weighted by molar-refractivity contribution is 0.864. The van der Waals surface area contributed by atoms with E-state index in [1.807, 2.05) is 0 Å². The highest BCUT2D eigenvalue weighted by Crippen LogP contribution is 2.25. The lowest BCUT2D eigenvalue weighted by atomic mass is 9.98. The van der Waals surface area contributed by atoms with Crippen molar-refractivity contribution in [3.63, 3.8) is 0 Å². The van der Waals surface area contributed by atoms with Crippen molar-refractivity contribution in [3.8, 4) is 0 Å². The van der Waals surface area contributed by atoms with Gasteiger partial charge < -0.3 is 0 Å². The molecular weight excluding hydrogens is 168 g/mol. The highest BCUT2D eigenvalue weighted by molar-refractivity contribution is 6.31. The van der Waals surface area contributed by atoms with Crippen LogP contribution < -0.4 is 0 Å². The van der Waals surface area contributed by atoms with E-state index in [0.717, 1.165) is 5.02 Å². The number of halogens is 1. The Morgan fingerprint density at radius 2 is 1.75 bits per heavy atom. The lowest BCUT2D eigenvalue weighted by Crippen LogP contribution is -1.91. The third kappa shape index (κ3) is 1.81. The van der Waals surface area contributed by atoms with Crippen LogP contribution in [0.4, 0.5) is 0 Å². The van der Waals surface area contributed by atoms with E-state index in [4.69, 9.17) is 11.6 Å². The molecule has 0 amide bonds. The van der Waals surface area contributed by atoms with Crippen molar-refractivity contribution in [1.82, 2.24) is 0 Å². The van der Waals surface area contributed by atoms with Crippen molar-refractivity contribution in [2.45, 2.75) is 33.6 Å². The van der Waals surface area contributed by atoms with Gasteiger partial charge in [0, 0.05) is 5.02 Å². The smallest absolute Gasteiger partial charge is 0.0440 e. The van der Waals surface area contributed by atoms with Gasteiger partial charge in [-0.1, -0.05) is 31.5 Å². The molecule has 0 heterocycles. The predicted octanol–water partition coefficient (Wildman–Crippen LogP) is 4.08. The maximum atomic E-state index is 6.06. The fourth-order valence-electron chi connectivity index (χ4n) is 1.18. The number of hydrogen-bond acceptors (Lipinski definition) is 0. The Bertz CT molecular complexity index is 264. The Morgan fingerprint density at radius 3 is 2.17 bits per heavy atom. The van der Waals surface area contributed by atoms with Gasteiger partial charge in [0.05, 0.1) is 0 Å². The van der Waals surface area contributed by atoms with Gasteiger partial charge in [0.15, 0.2) is 0 Å². The maximum absolute atomic E-state index is 6.06. The van der Waals surface area contributed by atoms with Crippen LogP contribution in [0.15, 0.2) is 12.1 Å². The van der Waals surface area contributed by atoms with E-state index in [-0.39, 0.29) is 0 Å². The van der Waals surface area contributed by atoms with Gasteiger partial charge in [-0.2, -0.15) is 0 Å². The SMILES string of the molecule is Cc1cc(C(C)C)cc(Cl)c1C. The molecule has 0 saturated heterocycles. The van der Waals surface area contributed by atoms with Crippen LogP contribution in [0.2, 0.25) is 5.02 Å². The molecule has 0 spiro atoms. The van der Waals surface area contributed by atoms with Crippen LogP contribution in [0.3, 0.4) is 0 Å². The summed E-state index contributed by atoms with van der Waals surface area (Å²) in [5, 5.41) is 0.888. The molecular formula is C11H15Cl. The molecule has 0 atom stereocenters. The summed E-state index contributed by atoms with van der Waals surface area (Å²) in [5.41, 5.74) is 3.80. The fraction of sp³-hybridized carbons (Fsp3) is 0.455. The third-order valence-electron chi connectivity index (χ3n) is 2.29. The topological polar surface area (TPSA) is 0 Å². The molecule has 0 aliphatic heterocycles. The normalized spacial score (nSPS) is 10.8. The molecule has 0 aliphatic rings. The van der Waals surface area contributed by atoms with Crippen molar-refractivity contribution in [2.24, 2.45) is 0 Å². The van der Waals surface area contributed by atoms with Crippen LogP contribution in [-0.2, 0) is 0 Å². The summed E-state index contributed by atoms with van der Waals surface area (Å²) in [6.45, 7) is 8.52. The predicted molar refractivity (Wildman–Crippen MR) is 55.0 cm³/mol. The summed E-state index contributed by atoms with van der Waals surface area (Å²) >= 11 is 6.06. The Balaban J connectivity index is 3.21. The number of hydrogen-bond donors (Lipinski definition) is 0. The van der Waals surface area contributed by atoms with E-state index >= 15 is 0 Å². The van der Waals surface area contributed by atoms with E-state index in [0.29, 0.717) is 5.92 Å². The van der Waals surface area contributed by atoms with Crippen molar-refractivity contribution in [3.05, 3.63) is 33.8 Å². The highest BCUT2D eigenvalue weighted by atomic mass is 35.5. The zero-order valence-corrected chi connectivity index (χ0v) is 8.87. The molecule has 0 unspecified atom stereocenters. The maximum Gasteiger partial charge on any atom is 0.0440 e. The zero-order chi connectivity index (χ0) is 9.30. The second-order valence-electron chi connectivity index (χ2n) is 3.60. The first-order valence-corrected chi connectivity index (χ1v) is 4.67. The quantitative estimate of drug-likeness (QED) is 0.614. The van der Waals surface area contributed by atoms with Crippen LogP contribution in [0.25, 0.3) is 0 Å². The van der Waals surface area contributed by atoms with Crippen LogP contribution >= 0.6 is 11.6 Å². The first-order chi connectivity index (χ1) is 5.52. The monoisotopic (exact) mass is 182 g/mol. The lowest BCUT2D eigenvalue weighted by Gasteiger charge is -2.10. The number of benzene rings is 1.